The molecule has 0 aliphatic carbocycles. The number of rotatable bonds is 9. The van der Waals surface area contributed by atoms with Crippen molar-refractivity contribution in [3.63, 3.8) is 0 Å². The van der Waals surface area contributed by atoms with Crippen LogP contribution in [-0.2, 0) is 10.0 Å². The molecule has 114 valence electrons. The number of nitrogens with zero attached hydrogens (tertiary/aromatic N) is 1. The number of piperidine rings is 1. The van der Waals surface area contributed by atoms with Gasteiger partial charge in [-0.3, -0.25) is 0 Å². The highest BCUT2D eigenvalue weighted by Crippen LogP contribution is 2.17. The van der Waals surface area contributed by atoms with E-state index in [-0.39, 0.29) is 0 Å². The van der Waals surface area contributed by atoms with Crippen molar-refractivity contribution in [3.8, 4) is 0 Å². The standard InChI is InChI=1S/C13H28N2O2S2/c1-18-10-5-3-4-8-14-11-13-7-6-9-15(12-13)19(2,16)17/h13-14H,3-12H2,1-2H3. The molecule has 1 aliphatic heterocycles. The second-order valence-electron chi connectivity index (χ2n) is 5.39. The average molecular weight is 309 g/mol. The third-order valence-corrected chi connectivity index (χ3v) is 5.55. The maximum Gasteiger partial charge on any atom is 0.211 e. The Morgan fingerprint density at radius 3 is 2.79 bits per heavy atom. The highest BCUT2D eigenvalue weighted by molar-refractivity contribution is 7.98. The van der Waals surface area contributed by atoms with Crippen LogP contribution in [0.4, 0.5) is 0 Å². The normalized spacial score (nSPS) is 21.7. The van der Waals surface area contributed by atoms with Crippen molar-refractivity contribution in [2.75, 3.05) is 44.4 Å². The van der Waals surface area contributed by atoms with Crippen LogP contribution < -0.4 is 5.32 Å². The predicted octanol–water partition coefficient (Wildman–Crippen LogP) is 1.78. The van der Waals surface area contributed by atoms with Crippen molar-refractivity contribution in [1.82, 2.24) is 9.62 Å². The van der Waals surface area contributed by atoms with Crippen LogP contribution >= 0.6 is 11.8 Å². The van der Waals surface area contributed by atoms with E-state index in [9.17, 15) is 8.42 Å². The summed E-state index contributed by atoms with van der Waals surface area (Å²) in [6.07, 6.45) is 9.41. The molecule has 0 bridgehead atoms. The molecule has 1 rings (SSSR count). The molecule has 1 N–H and O–H groups in total. The number of hydrogen-bond acceptors (Lipinski definition) is 4. The van der Waals surface area contributed by atoms with Crippen molar-refractivity contribution >= 4 is 21.8 Å². The van der Waals surface area contributed by atoms with Gasteiger partial charge in [-0.15, -0.1) is 0 Å². The maximum atomic E-state index is 11.5. The van der Waals surface area contributed by atoms with Crippen molar-refractivity contribution < 1.29 is 8.42 Å². The predicted molar refractivity (Wildman–Crippen MR) is 84.2 cm³/mol. The van der Waals surface area contributed by atoms with Crippen LogP contribution in [0.15, 0.2) is 0 Å². The number of nitrogens with one attached hydrogen (secondary N) is 1. The fourth-order valence-corrected chi connectivity index (χ4v) is 3.91. The molecule has 0 aromatic heterocycles. The largest absolute Gasteiger partial charge is 0.316 e. The maximum absolute atomic E-state index is 11.5. The van der Waals surface area contributed by atoms with E-state index in [4.69, 9.17) is 0 Å². The first-order valence-corrected chi connectivity index (χ1v) is 10.4. The Bertz CT molecular complexity index is 334. The van der Waals surface area contributed by atoms with E-state index < -0.39 is 10.0 Å². The lowest BCUT2D eigenvalue weighted by molar-refractivity contribution is 0.261. The molecule has 1 fully saturated rings. The van der Waals surface area contributed by atoms with Crippen molar-refractivity contribution in [3.05, 3.63) is 0 Å². The third-order valence-electron chi connectivity index (χ3n) is 3.59. The minimum Gasteiger partial charge on any atom is -0.316 e. The quantitative estimate of drug-likeness (QED) is 0.660. The van der Waals surface area contributed by atoms with Gasteiger partial charge in [-0.25, -0.2) is 12.7 Å². The molecule has 0 amide bonds. The van der Waals surface area contributed by atoms with Crippen molar-refractivity contribution in [1.29, 1.82) is 0 Å². The fourth-order valence-electron chi connectivity index (χ4n) is 2.47. The third kappa shape index (κ3) is 7.54. The molecule has 1 unspecified atom stereocenters. The van der Waals surface area contributed by atoms with Gasteiger partial charge in [0.25, 0.3) is 0 Å². The van der Waals surface area contributed by atoms with E-state index >= 15 is 0 Å². The van der Waals surface area contributed by atoms with Gasteiger partial charge in [0, 0.05) is 13.1 Å². The summed E-state index contributed by atoms with van der Waals surface area (Å²) < 4.78 is 24.7. The van der Waals surface area contributed by atoms with Gasteiger partial charge >= 0.3 is 0 Å². The van der Waals surface area contributed by atoms with Gasteiger partial charge in [-0.2, -0.15) is 11.8 Å². The lowest BCUT2D eigenvalue weighted by atomic mass is 10.00. The number of thioether (sulfide) groups is 1. The molecular weight excluding hydrogens is 280 g/mol. The molecule has 0 aromatic rings. The first-order chi connectivity index (χ1) is 9.04. The summed E-state index contributed by atoms with van der Waals surface area (Å²) in [6, 6.07) is 0. The number of sulfonamides is 1. The first-order valence-electron chi connectivity index (χ1n) is 7.19. The van der Waals surface area contributed by atoms with E-state index in [1.807, 2.05) is 11.8 Å². The molecule has 6 heteroatoms. The minimum absolute atomic E-state index is 0.481. The summed E-state index contributed by atoms with van der Waals surface area (Å²) in [5, 5.41) is 3.48. The Morgan fingerprint density at radius 1 is 1.32 bits per heavy atom. The van der Waals surface area contributed by atoms with Gasteiger partial charge in [0.15, 0.2) is 0 Å². The molecule has 1 saturated heterocycles. The highest BCUT2D eigenvalue weighted by atomic mass is 32.2. The zero-order valence-corrected chi connectivity index (χ0v) is 13.9. The van der Waals surface area contributed by atoms with Crippen LogP contribution in [0.3, 0.4) is 0 Å². The molecule has 0 spiro atoms. The summed E-state index contributed by atoms with van der Waals surface area (Å²) in [6.45, 7) is 3.40. The summed E-state index contributed by atoms with van der Waals surface area (Å²) >= 11 is 1.91. The Labute approximate surface area is 122 Å². The summed E-state index contributed by atoms with van der Waals surface area (Å²) in [4.78, 5) is 0. The minimum atomic E-state index is -3.00. The van der Waals surface area contributed by atoms with Crippen LogP contribution in [-0.4, -0.2) is 57.2 Å². The zero-order valence-electron chi connectivity index (χ0n) is 12.2. The summed E-state index contributed by atoms with van der Waals surface area (Å²) in [7, 11) is -3.00. The summed E-state index contributed by atoms with van der Waals surface area (Å²) in [5.41, 5.74) is 0. The molecule has 4 nitrogen and oxygen atoms in total. The lowest BCUT2D eigenvalue weighted by Crippen LogP contribution is -2.42. The second kappa shape index (κ2) is 9.21. The van der Waals surface area contributed by atoms with Crippen LogP contribution in [0.1, 0.15) is 32.1 Å². The molecule has 1 heterocycles. The molecule has 19 heavy (non-hydrogen) atoms. The molecule has 1 aliphatic rings. The van der Waals surface area contributed by atoms with Crippen LogP contribution in [0.5, 0.6) is 0 Å². The van der Waals surface area contributed by atoms with Crippen LogP contribution in [0.2, 0.25) is 0 Å². The topological polar surface area (TPSA) is 49.4 Å². The van der Waals surface area contributed by atoms with Gasteiger partial charge in [0.1, 0.15) is 0 Å². The van der Waals surface area contributed by atoms with E-state index in [0.29, 0.717) is 19.0 Å². The smallest absolute Gasteiger partial charge is 0.211 e. The Hall–Kier alpha value is 0.220. The Balaban J connectivity index is 2.09. The van der Waals surface area contributed by atoms with E-state index in [1.165, 1.54) is 31.3 Å². The molecule has 0 radical (unpaired) electrons. The second-order valence-corrected chi connectivity index (χ2v) is 8.35. The molecule has 0 saturated carbocycles. The first kappa shape index (κ1) is 17.3. The monoisotopic (exact) mass is 308 g/mol. The van der Waals surface area contributed by atoms with Gasteiger partial charge in [-0.1, -0.05) is 6.42 Å². The Kier molecular flexibility index (Phi) is 8.37. The Morgan fingerprint density at radius 2 is 2.11 bits per heavy atom. The summed E-state index contributed by atoms with van der Waals surface area (Å²) in [5.74, 6) is 1.74. The van der Waals surface area contributed by atoms with Crippen LogP contribution in [0, 0.1) is 5.92 Å². The van der Waals surface area contributed by atoms with E-state index in [1.54, 1.807) is 4.31 Å². The molecule has 0 aromatic carbocycles. The van der Waals surface area contributed by atoms with E-state index in [2.05, 4.69) is 11.6 Å². The van der Waals surface area contributed by atoms with Gasteiger partial charge in [0.2, 0.25) is 10.0 Å². The lowest BCUT2D eigenvalue weighted by Gasteiger charge is -2.31. The van der Waals surface area contributed by atoms with Gasteiger partial charge in [0.05, 0.1) is 6.26 Å². The van der Waals surface area contributed by atoms with Crippen LogP contribution in [0.25, 0.3) is 0 Å². The number of unbranched alkanes of at least 4 members (excludes halogenated alkanes) is 2. The van der Waals surface area contributed by atoms with Gasteiger partial charge in [-0.05, 0) is 56.7 Å². The SMILES string of the molecule is CSCCCCCNCC1CCCN(S(C)(=O)=O)C1. The van der Waals surface area contributed by atoms with Crippen molar-refractivity contribution in [2.24, 2.45) is 5.92 Å². The fraction of sp³-hybridized carbons (Fsp3) is 1.00. The van der Waals surface area contributed by atoms with Gasteiger partial charge < -0.3 is 5.32 Å². The molecule has 1 atom stereocenters. The number of hydrogen-bond donors (Lipinski definition) is 1. The molecular formula is C13H28N2O2S2. The van der Waals surface area contributed by atoms with Crippen molar-refractivity contribution in [2.45, 2.75) is 32.1 Å². The average Bonchev–Trinajstić information content (AvgIpc) is 2.37. The highest BCUT2D eigenvalue weighted by Gasteiger charge is 2.25. The zero-order chi connectivity index (χ0) is 14.1. The van der Waals surface area contributed by atoms with E-state index in [0.717, 1.165) is 25.9 Å².